The van der Waals surface area contributed by atoms with E-state index in [1.54, 1.807) is 6.07 Å². The van der Waals surface area contributed by atoms with E-state index in [2.05, 4.69) is 17.4 Å². The van der Waals surface area contributed by atoms with Gasteiger partial charge in [-0.1, -0.05) is 11.6 Å². The smallest absolute Gasteiger partial charge is 0.267 e. The Kier molecular flexibility index (Phi) is 3.84. The molecule has 1 fully saturated rings. The fourth-order valence-electron chi connectivity index (χ4n) is 1.99. The van der Waals surface area contributed by atoms with E-state index in [0.29, 0.717) is 11.3 Å². The van der Waals surface area contributed by atoms with Crippen molar-refractivity contribution in [2.24, 2.45) is 0 Å². The highest BCUT2D eigenvalue weighted by Gasteiger charge is 2.17. The quantitative estimate of drug-likeness (QED) is 0.747. The number of carbonyl (C=O) groups is 1. The fourth-order valence-corrected chi connectivity index (χ4v) is 1.99. The van der Waals surface area contributed by atoms with Gasteiger partial charge in [0.25, 0.3) is 5.91 Å². The van der Waals surface area contributed by atoms with E-state index in [-0.39, 0.29) is 5.91 Å². The summed E-state index contributed by atoms with van der Waals surface area (Å²) in [5.74, 6) is -0.124. The van der Waals surface area contributed by atoms with Crippen LogP contribution >= 0.6 is 0 Å². The number of nitrogens with two attached hydrogens (primary N) is 1. The number of carbonyl (C=O) groups excluding carboxylic acids is 1. The monoisotopic (exact) mass is 248 g/mol. The Bertz CT molecular complexity index is 439. The molecule has 1 aliphatic rings. The molecule has 1 aromatic rings. The van der Waals surface area contributed by atoms with Crippen molar-refractivity contribution >= 4 is 11.6 Å². The maximum Gasteiger partial charge on any atom is 0.267 e. The Morgan fingerprint density at radius 3 is 2.61 bits per heavy atom. The Morgan fingerprint density at radius 2 is 1.94 bits per heavy atom. The summed E-state index contributed by atoms with van der Waals surface area (Å²) in [6, 6.07) is 5.50. The molecule has 1 saturated heterocycles. The van der Waals surface area contributed by atoms with Crippen molar-refractivity contribution in [3.05, 3.63) is 29.3 Å². The minimum Gasteiger partial charge on any atom is -0.398 e. The summed E-state index contributed by atoms with van der Waals surface area (Å²) in [7, 11) is 2.08. The maximum absolute atomic E-state index is 12.1. The fraction of sp³-hybridized carbons (Fsp3) is 0.462. The first kappa shape index (κ1) is 12.9. The van der Waals surface area contributed by atoms with E-state index in [0.717, 1.165) is 31.7 Å². The van der Waals surface area contributed by atoms with Crippen LogP contribution in [-0.4, -0.2) is 49.0 Å². The average Bonchev–Trinajstić information content (AvgIpc) is 2.35. The number of piperazine rings is 1. The molecule has 0 atom stereocenters. The van der Waals surface area contributed by atoms with Crippen molar-refractivity contribution in [2.45, 2.75) is 6.92 Å². The van der Waals surface area contributed by atoms with Crippen molar-refractivity contribution < 1.29 is 4.79 Å². The van der Waals surface area contributed by atoms with Crippen molar-refractivity contribution in [1.82, 2.24) is 15.3 Å². The van der Waals surface area contributed by atoms with Crippen molar-refractivity contribution in [3.8, 4) is 0 Å². The Morgan fingerprint density at radius 1 is 1.28 bits per heavy atom. The van der Waals surface area contributed by atoms with Crippen LogP contribution in [0.1, 0.15) is 15.9 Å². The Balaban J connectivity index is 2.01. The van der Waals surface area contributed by atoms with Gasteiger partial charge in [0.1, 0.15) is 0 Å². The molecule has 5 nitrogen and oxygen atoms in total. The summed E-state index contributed by atoms with van der Waals surface area (Å²) in [6.07, 6.45) is 0. The predicted molar refractivity (Wildman–Crippen MR) is 72.1 cm³/mol. The van der Waals surface area contributed by atoms with Gasteiger partial charge in [0.15, 0.2) is 0 Å². The highest BCUT2D eigenvalue weighted by Crippen LogP contribution is 2.13. The molecule has 18 heavy (non-hydrogen) atoms. The van der Waals surface area contributed by atoms with Gasteiger partial charge in [0, 0.05) is 31.9 Å². The molecule has 1 aliphatic heterocycles. The minimum atomic E-state index is -0.124. The van der Waals surface area contributed by atoms with Gasteiger partial charge in [0.2, 0.25) is 0 Å². The van der Waals surface area contributed by atoms with E-state index in [4.69, 9.17) is 5.73 Å². The van der Waals surface area contributed by atoms with Crippen LogP contribution < -0.4 is 11.2 Å². The third-order valence-electron chi connectivity index (χ3n) is 3.22. The largest absolute Gasteiger partial charge is 0.398 e. The van der Waals surface area contributed by atoms with Crippen LogP contribution in [0.15, 0.2) is 18.2 Å². The van der Waals surface area contributed by atoms with Crippen LogP contribution in [-0.2, 0) is 0 Å². The predicted octanol–water partition coefficient (Wildman–Crippen LogP) is 0.469. The van der Waals surface area contributed by atoms with Crippen molar-refractivity contribution in [1.29, 1.82) is 0 Å². The van der Waals surface area contributed by atoms with Crippen LogP contribution in [0.3, 0.4) is 0 Å². The Hall–Kier alpha value is -1.59. The van der Waals surface area contributed by atoms with Gasteiger partial charge >= 0.3 is 0 Å². The molecule has 1 heterocycles. The average molecular weight is 248 g/mol. The van der Waals surface area contributed by atoms with E-state index in [1.165, 1.54) is 0 Å². The lowest BCUT2D eigenvalue weighted by Gasteiger charge is -2.32. The number of amides is 1. The number of aryl methyl sites for hydroxylation is 1. The SMILES string of the molecule is Cc1ccc(N)c(C(=O)NN2CCN(C)CC2)c1. The second-order valence-electron chi connectivity index (χ2n) is 4.82. The third-order valence-corrected chi connectivity index (χ3v) is 3.22. The second kappa shape index (κ2) is 5.37. The van der Waals surface area contributed by atoms with E-state index in [9.17, 15) is 4.79 Å². The minimum absolute atomic E-state index is 0.124. The van der Waals surface area contributed by atoms with Crippen LogP contribution in [0.5, 0.6) is 0 Å². The summed E-state index contributed by atoms with van der Waals surface area (Å²) < 4.78 is 0. The van der Waals surface area contributed by atoms with Crippen molar-refractivity contribution in [3.63, 3.8) is 0 Å². The highest BCUT2D eigenvalue weighted by atomic mass is 16.2. The van der Waals surface area contributed by atoms with Gasteiger partial charge in [0.05, 0.1) is 5.56 Å². The topological polar surface area (TPSA) is 61.6 Å². The molecule has 2 rings (SSSR count). The maximum atomic E-state index is 12.1. The normalized spacial score (nSPS) is 17.7. The first-order chi connectivity index (χ1) is 8.56. The number of nitrogen functional groups attached to an aromatic ring is 1. The lowest BCUT2D eigenvalue weighted by atomic mass is 10.1. The lowest BCUT2D eigenvalue weighted by Crippen LogP contribution is -2.52. The van der Waals surface area contributed by atoms with Gasteiger partial charge in [-0.3, -0.25) is 10.2 Å². The van der Waals surface area contributed by atoms with E-state index in [1.807, 2.05) is 24.1 Å². The molecule has 1 aromatic carbocycles. The molecular weight excluding hydrogens is 228 g/mol. The second-order valence-corrected chi connectivity index (χ2v) is 4.82. The van der Waals surface area contributed by atoms with Crippen LogP contribution in [0.2, 0.25) is 0 Å². The van der Waals surface area contributed by atoms with Crippen LogP contribution in [0, 0.1) is 6.92 Å². The first-order valence-electron chi connectivity index (χ1n) is 6.17. The molecule has 0 bridgehead atoms. The summed E-state index contributed by atoms with van der Waals surface area (Å²) in [6.45, 7) is 5.56. The van der Waals surface area contributed by atoms with Crippen LogP contribution in [0.25, 0.3) is 0 Å². The van der Waals surface area contributed by atoms with Gasteiger partial charge in [-0.25, -0.2) is 5.01 Å². The molecule has 0 saturated carbocycles. The zero-order valence-corrected chi connectivity index (χ0v) is 10.9. The number of benzene rings is 1. The van der Waals surface area contributed by atoms with Crippen molar-refractivity contribution in [2.75, 3.05) is 39.0 Å². The van der Waals surface area contributed by atoms with E-state index < -0.39 is 0 Å². The summed E-state index contributed by atoms with van der Waals surface area (Å²) >= 11 is 0. The number of hydrogen-bond donors (Lipinski definition) is 2. The van der Waals surface area contributed by atoms with Gasteiger partial charge in [-0.2, -0.15) is 0 Å². The summed E-state index contributed by atoms with van der Waals surface area (Å²) in [4.78, 5) is 14.4. The molecule has 0 radical (unpaired) electrons. The number of likely N-dealkylation sites (N-methyl/N-ethyl adjacent to an activating group) is 1. The highest BCUT2D eigenvalue weighted by molar-refractivity contribution is 5.99. The molecule has 0 aromatic heterocycles. The number of hydrazine groups is 1. The lowest BCUT2D eigenvalue weighted by molar-refractivity contribution is 0.0663. The zero-order valence-electron chi connectivity index (χ0n) is 10.9. The zero-order chi connectivity index (χ0) is 13.1. The molecule has 1 amide bonds. The van der Waals surface area contributed by atoms with Gasteiger partial charge in [-0.05, 0) is 26.1 Å². The number of rotatable bonds is 2. The van der Waals surface area contributed by atoms with Gasteiger partial charge < -0.3 is 10.6 Å². The summed E-state index contributed by atoms with van der Waals surface area (Å²) in [5, 5.41) is 1.95. The molecular formula is C13H20N4O. The Labute approximate surface area is 108 Å². The number of nitrogens with zero attached hydrogens (tertiary/aromatic N) is 2. The van der Waals surface area contributed by atoms with Gasteiger partial charge in [-0.15, -0.1) is 0 Å². The number of anilines is 1. The first-order valence-corrected chi connectivity index (χ1v) is 6.17. The molecule has 98 valence electrons. The van der Waals surface area contributed by atoms with Crippen LogP contribution in [0.4, 0.5) is 5.69 Å². The number of nitrogens with one attached hydrogen (secondary N) is 1. The molecule has 0 spiro atoms. The molecule has 3 N–H and O–H groups in total. The molecule has 5 heteroatoms. The number of hydrogen-bond acceptors (Lipinski definition) is 4. The molecule has 0 aliphatic carbocycles. The third kappa shape index (κ3) is 3.00. The standard InChI is InChI=1S/C13H20N4O/c1-10-3-4-12(14)11(9-10)13(18)15-17-7-5-16(2)6-8-17/h3-4,9H,5-8,14H2,1-2H3,(H,15,18). The molecule has 0 unspecified atom stereocenters. The summed E-state index contributed by atoms with van der Waals surface area (Å²) in [5.41, 5.74) is 10.8. The van der Waals surface area contributed by atoms with E-state index >= 15 is 0 Å².